The van der Waals surface area contributed by atoms with Crippen LogP contribution in [0.25, 0.3) is 11.3 Å². The SMILES string of the molecule is CCOc1nnc(-c2cc(NC(=O)C(/C=C(\N)C(F)(F)F)=C/N)ccc2C)cc1C1CCOCC1. The maximum atomic E-state index is 12.7. The summed E-state index contributed by atoms with van der Waals surface area (Å²) in [5.74, 6) is -0.141. The highest BCUT2D eigenvalue weighted by Crippen LogP contribution is 2.35. The van der Waals surface area contributed by atoms with E-state index >= 15 is 0 Å². The molecule has 188 valence electrons. The molecule has 1 amide bonds. The highest BCUT2D eigenvalue weighted by atomic mass is 19.4. The van der Waals surface area contributed by atoms with Gasteiger partial charge in [-0.1, -0.05) is 6.07 Å². The molecule has 0 unspecified atom stereocenters. The van der Waals surface area contributed by atoms with Crippen LogP contribution in [0, 0.1) is 6.92 Å². The molecule has 1 aliphatic heterocycles. The lowest BCUT2D eigenvalue weighted by Crippen LogP contribution is -2.22. The zero-order valence-corrected chi connectivity index (χ0v) is 19.5. The Hall–Kier alpha value is -3.60. The predicted octanol–water partition coefficient (Wildman–Crippen LogP) is 3.93. The van der Waals surface area contributed by atoms with Gasteiger partial charge >= 0.3 is 6.18 Å². The topological polar surface area (TPSA) is 125 Å². The van der Waals surface area contributed by atoms with Crippen molar-refractivity contribution in [2.45, 2.75) is 38.8 Å². The number of halogens is 3. The molecule has 0 saturated carbocycles. The van der Waals surface area contributed by atoms with Crippen molar-refractivity contribution in [3.05, 3.63) is 58.9 Å². The Labute approximate surface area is 201 Å². The number of nitrogens with one attached hydrogen (secondary N) is 1. The molecule has 0 radical (unpaired) electrons. The second kappa shape index (κ2) is 11.2. The van der Waals surface area contributed by atoms with E-state index < -0.39 is 23.4 Å². The van der Waals surface area contributed by atoms with Crippen LogP contribution < -0.4 is 21.5 Å². The first-order valence-corrected chi connectivity index (χ1v) is 11.1. The van der Waals surface area contributed by atoms with E-state index in [1.54, 1.807) is 18.2 Å². The highest BCUT2D eigenvalue weighted by molar-refractivity contribution is 6.06. The molecule has 0 bridgehead atoms. The van der Waals surface area contributed by atoms with Gasteiger partial charge in [-0.15, -0.1) is 10.2 Å². The Morgan fingerprint density at radius 3 is 2.60 bits per heavy atom. The van der Waals surface area contributed by atoms with Gasteiger partial charge in [0, 0.05) is 36.2 Å². The summed E-state index contributed by atoms with van der Waals surface area (Å²) in [6.07, 6.45) is -1.85. The van der Waals surface area contributed by atoms with Crippen LogP contribution in [0.2, 0.25) is 0 Å². The van der Waals surface area contributed by atoms with Gasteiger partial charge < -0.3 is 26.3 Å². The molecule has 0 spiro atoms. The van der Waals surface area contributed by atoms with Gasteiger partial charge in [0.2, 0.25) is 5.88 Å². The average molecular weight is 492 g/mol. The third-order valence-corrected chi connectivity index (χ3v) is 5.58. The van der Waals surface area contributed by atoms with Gasteiger partial charge in [0.25, 0.3) is 5.91 Å². The molecule has 0 atom stereocenters. The summed E-state index contributed by atoms with van der Waals surface area (Å²) in [4.78, 5) is 12.5. The molecule has 8 nitrogen and oxygen atoms in total. The molecule has 1 aromatic heterocycles. The second-order valence-corrected chi connectivity index (χ2v) is 8.01. The molecular weight excluding hydrogens is 463 g/mol. The quantitative estimate of drug-likeness (QED) is 0.396. The van der Waals surface area contributed by atoms with Gasteiger partial charge in [-0.05, 0) is 62.4 Å². The largest absolute Gasteiger partial charge is 0.477 e. The monoisotopic (exact) mass is 491 g/mol. The van der Waals surface area contributed by atoms with Crippen molar-refractivity contribution in [3.8, 4) is 17.1 Å². The molecule has 1 aromatic carbocycles. The number of carbonyl (C=O) groups excluding carboxylic acids is 1. The van der Waals surface area contributed by atoms with E-state index in [-0.39, 0.29) is 5.92 Å². The van der Waals surface area contributed by atoms with E-state index in [2.05, 4.69) is 15.5 Å². The van der Waals surface area contributed by atoms with Crippen molar-refractivity contribution in [3.63, 3.8) is 0 Å². The maximum Gasteiger partial charge on any atom is 0.430 e. The first kappa shape index (κ1) is 26.0. The predicted molar refractivity (Wildman–Crippen MR) is 125 cm³/mol. The van der Waals surface area contributed by atoms with Crippen molar-refractivity contribution < 1.29 is 27.4 Å². The molecule has 3 rings (SSSR count). The average Bonchev–Trinajstić information content (AvgIpc) is 2.84. The minimum absolute atomic E-state index is 0.214. The number of benzene rings is 1. The highest BCUT2D eigenvalue weighted by Gasteiger charge is 2.32. The van der Waals surface area contributed by atoms with Crippen molar-refractivity contribution in [2.75, 3.05) is 25.1 Å². The fourth-order valence-electron chi connectivity index (χ4n) is 3.69. The van der Waals surface area contributed by atoms with Crippen LogP contribution in [0.1, 0.15) is 36.8 Å². The van der Waals surface area contributed by atoms with Gasteiger partial charge in [-0.3, -0.25) is 4.79 Å². The molecule has 2 heterocycles. The third-order valence-electron chi connectivity index (χ3n) is 5.58. The van der Waals surface area contributed by atoms with Crippen LogP contribution in [0.3, 0.4) is 0 Å². The molecular formula is C24H28F3N5O3. The number of aromatic nitrogens is 2. The fraction of sp³-hybridized carbons (Fsp3) is 0.375. The van der Waals surface area contributed by atoms with E-state index in [0.717, 1.165) is 30.2 Å². The standard InChI is InChI=1S/C24H28F3N5O3/c1-3-35-23-19(15-6-8-34-9-7-15)12-20(31-32-23)18-11-17(5-4-14(18)2)30-22(33)16(13-28)10-21(29)24(25,26)27/h4-5,10-13,15H,3,6-9,28-29H2,1-2H3,(H,30,33)/b16-13+,21-10-. The van der Waals surface area contributed by atoms with Gasteiger partial charge in [0.15, 0.2) is 0 Å². The molecule has 0 aliphatic carbocycles. The van der Waals surface area contributed by atoms with Gasteiger partial charge in [0.1, 0.15) is 5.70 Å². The number of allylic oxidation sites excluding steroid dienone is 1. The normalized spacial score (nSPS) is 15.7. The summed E-state index contributed by atoms with van der Waals surface area (Å²) in [6.45, 7) is 5.51. The summed E-state index contributed by atoms with van der Waals surface area (Å²) in [5.41, 5.74) is 12.0. The summed E-state index contributed by atoms with van der Waals surface area (Å²) < 4.78 is 49.4. The number of amides is 1. The van der Waals surface area contributed by atoms with Crippen LogP contribution >= 0.6 is 0 Å². The number of rotatable bonds is 7. The molecule has 5 N–H and O–H groups in total. The van der Waals surface area contributed by atoms with Crippen molar-refractivity contribution >= 4 is 11.6 Å². The Balaban J connectivity index is 1.91. The van der Waals surface area contributed by atoms with Crippen LogP contribution in [-0.4, -0.2) is 42.1 Å². The molecule has 35 heavy (non-hydrogen) atoms. The zero-order chi connectivity index (χ0) is 25.6. The lowest BCUT2D eigenvalue weighted by atomic mass is 9.91. The molecule has 1 fully saturated rings. The van der Waals surface area contributed by atoms with E-state index in [4.69, 9.17) is 20.9 Å². The van der Waals surface area contributed by atoms with Gasteiger partial charge in [-0.25, -0.2) is 0 Å². The van der Waals surface area contributed by atoms with Crippen LogP contribution in [-0.2, 0) is 9.53 Å². The molecule has 11 heteroatoms. The number of alkyl halides is 3. The van der Waals surface area contributed by atoms with Crippen molar-refractivity contribution in [1.82, 2.24) is 10.2 Å². The number of anilines is 1. The van der Waals surface area contributed by atoms with E-state index in [9.17, 15) is 18.0 Å². The molecule has 1 saturated heterocycles. The van der Waals surface area contributed by atoms with Crippen LogP contribution in [0.4, 0.5) is 18.9 Å². The molecule has 2 aromatic rings. The number of nitrogens with zero attached hydrogens (tertiary/aromatic N) is 2. The van der Waals surface area contributed by atoms with Gasteiger partial charge in [-0.2, -0.15) is 13.2 Å². The summed E-state index contributed by atoms with van der Waals surface area (Å²) in [7, 11) is 0. The summed E-state index contributed by atoms with van der Waals surface area (Å²) in [5, 5.41) is 11.2. The van der Waals surface area contributed by atoms with Gasteiger partial charge in [0.05, 0.1) is 17.9 Å². The first-order chi connectivity index (χ1) is 16.6. The lowest BCUT2D eigenvalue weighted by Gasteiger charge is -2.24. The van der Waals surface area contributed by atoms with Crippen LogP contribution in [0.5, 0.6) is 5.88 Å². The minimum Gasteiger partial charge on any atom is -0.477 e. The third kappa shape index (κ3) is 6.50. The van der Waals surface area contributed by atoms with E-state index in [1.807, 2.05) is 19.9 Å². The van der Waals surface area contributed by atoms with Crippen molar-refractivity contribution in [1.29, 1.82) is 0 Å². The Bertz CT molecular complexity index is 1130. The van der Waals surface area contributed by atoms with Crippen LogP contribution in [0.15, 0.2) is 47.8 Å². The number of hydrogen-bond acceptors (Lipinski definition) is 7. The summed E-state index contributed by atoms with van der Waals surface area (Å²) in [6, 6.07) is 7.00. The molecule has 1 aliphatic rings. The number of nitrogens with two attached hydrogens (primary N) is 2. The van der Waals surface area contributed by atoms with E-state index in [0.29, 0.717) is 48.7 Å². The smallest absolute Gasteiger partial charge is 0.430 e. The summed E-state index contributed by atoms with van der Waals surface area (Å²) >= 11 is 0. The number of hydrogen-bond donors (Lipinski definition) is 3. The minimum atomic E-state index is -4.78. The van der Waals surface area contributed by atoms with E-state index in [1.165, 1.54) is 0 Å². The number of aryl methyl sites for hydroxylation is 1. The Morgan fingerprint density at radius 1 is 1.26 bits per heavy atom. The lowest BCUT2D eigenvalue weighted by molar-refractivity contribution is -0.112. The fourth-order valence-corrected chi connectivity index (χ4v) is 3.69. The number of carbonyl (C=O) groups is 1. The maximum absolute atomic E-state index is 12.7. The first-order valence-electron chi connectivity index (χ1n) is 11.1. The Morgan fingerprint density at radius 2 is 1.97 bits per heavy atom. The number of ether oxygens (including phenoxy) is 2. The second-order valence-electron chi connectivity index (χ2n) is 8.01. The zero-order valence-electron chi connectivity index (χ0n) is 19.5. The Kier molecular flexibility index (Phi) is 8.34. The van der Waals surface area contributed by atoms with Crippen molar-refractivity contribution in [2.24, 2.45) is 11.5 Å².